The van der Waals surface area contributed by atoms with Crippen molar-refractivity contribution in [2.24, 2.45) is 11.8 Å². The fourth-order valence-corrected chi connectivity index (χ4v) is 4.99. The van der Waals surface area contributed by atoms with Gasteiger partial charge in [0.05, 0.1) is 18.9 Å². The van der Waals surface area contributed by atoms with Crippen molar-refractivity contribution in [3.05, 3.63) is 89.6 Å². The number of hydrogen-bond acceptors (Lipinski definition) is 4. The van der Waals surface area contributed by atoms with E-state index in [-0.39, 0.29) is 0 Å². The smallest absolute Gasteiger partial charge is 0.161 e. The van der Waals surface area contributed by atoms with E-state index >= 15 is 0 Å². The second-order valence-electron chi connectivity index (χ2n) is 10.1. The Morgan fingerprint density at radius 1 is 0.771 bits per heavy atom. The largest absolute Gasteiger partial charge is 0.489 e. The van der Waals surface area contributed by atoms with Gasteiger partial charge in [0.1, 0.15) is 5.60 Å². The van der Waals surface area contributed by atoms with Crippen LogP contribution in [0, 0.1) is 11.8 Å². The standard InChI is InChI=1S/C31H33NO3/c1-20(2)18-34-27-14-13-23(17-28(27)35-19-21(3)4)31(33-5)25-11-7-6-10-24(25)30-29-22(15-16-32-30)9-8-12-26(29)31/h6-17,20-21H,18-19H2,1-5H3. The highest BCUT2D eigenvalue weighted by atomic mass is 16.5. The van der Waals surface area contributed by atoms with Crippen LogP contribution in [-0.2, 0) is 10.3 Å². The molecule has 0 saturated carbocycles. The minimum atomic E-state index is -0.807. The number of ether oxygens (including phenoxy) is 3. The molecule has 0 bridgehead atoms. The molecule has 1 atom stereocenters. The summed E-state index contributed by atoms with van der Waals surface area (Å²) in [6, 6.07) is 23.1. The van der Waals surface area contributed by atoms with Crippen LogP contribution in [0.15, 0.2) is 72.9 Å². The van der Waals surface area contributed by atoms with E-state index in [1.54, 1.807) is 7.11 Å². The Morgan fingerprint density at radius 2 is 1.49 bits per heavy atom. The van der Waals surface area contributed by atoms with Crippen LogP contribution in [0.4, 0.5) is 0 Å². The molecule has 1 aromatic heterocycles. The summed E-state index contributed by atoms with van der Waals surface area (Å²) in [6.07, 6.45) is 1.89. The summed E-state index contributed by atoms with van der Waals surface area (Å²) in [5.74, 6) is 2.33. The maximum atomic E-state index is 6.53. The molecule has 180 valence electrons. The molecule has 4 aromatic rings. The molecule has 4 nitrogen and oxygen atoms in total. The lowest BCUT2D eigenvalue weighted by Crippen LogP contribution is -2.34. The molecule has 4 heteroatoms. The van der Waals surface area contributed by atoms with Gasteiger partial charge in [-0.05, 0) is 41.0 Å². The van der Waals surface area contributed by atoms with E-state index in [4.69, 9.17) is 19.2 Å². The van der Waals surface area contributed by atoms with Crippen LogP contribution < -0.4 is 9.47 Å². The van der Waals surface area contributed by atoms with E-state index in [1.807, 2.05) is 12.3 Å². The Bertz CT molecular complexity index is 1360. The molecule has 5 rings (SSSR count). The number of aromatic nitrogens is 1. The molecule has 0 amide bonds. The predicted molar refractivity (Wildman–Crippen MR) is 141 cm³/mol. The fraction of sp³-hybridized carbons (Fsp3) is 0.323. The molecule has 0 aliphatic heterocycles. The van der Waals surface area contributed by atoms with Crippen molar-refractivity contribution in [3.8, 4) is 22.8 Å². The quantitative estimate of drug-likeness (QED) is 0.274. The molecule has 1 heterocycles. The SMILES string of the molecule is COC1(c2ccc(OCC(C)C)c(OCC(C)C)c2)c2ccccc2-c2nccc3cccc1c23. The van der Waals surface area contributed by atoms with Gasteiger partial charge in [0, 0.05) is 35.4 Å². The predicted octanol–water partition coefficient (Wildman–Crippen LogP) is 7.22. The summed E-state index contributed by atoms with van der Waals surface area (Å²) >= 11 is 0. The molecule has 0 spiro atoms. The first kappa shape index (κ1) is 23.4. The second-order valence-corrected chi connectivity index (χ2v) is 10.1. The third kappa shape index (κ3) is 3.96. The summed E-state index contributed by atoms with van der Waals surface area (Å²) in [5.41, 5.74) is 4.44. The van der Waals surface area contributed by atoms with Crippen molar-refractivity contribution >= 4 is 10.8 Å². The summed E-state index contributed by atoms with van der Waals surface area (Å²) < 4.78 is 19.0. The van der Waals surface area contributed by atoms with Gasteiger partial charge in [0.25, 0.3) is 0 Å². The van der Waals surface area contributed by atoms with Crippen molar-refractivity contribution in [1.82, 2.24) is 4.98 Å². The zero-order valence-electron chi connectivity index (χ0n) is 21.2. The van der Waals surface area contributed by atoms with Crippen LogP contribution in [0.3, 0.4) is 0 Å². The highest BCUT2D eigenvalue weighted by Crippen LogP contribution is 2.52. The lowest BCUT2D eigenvalue weighted by Gasteiger charge is -2.40. The maximum absolute atomic E-state index is 6.53. The lowest BCUT2D eigenvalue weighted by molar-refractivity contribution is 0.0592. The molecule has 0 N–H and O–H groups in total. The van der Waals surface area contributed by atoms with Gasteiger partial charge in [-0.1, -0.05) is 76.2 Å². The Kier molecular flexibility index (Phi) is 6.24. The monoisotopic (exact) mass is 467 g/mol. The fourth-order valence-electron chi connectivity index (χ4n) is 4.99. The van der Waals surface area contributed by atoms with E-state index in [0.29, 0.717) is 25.0 Å². The van der Waals surface area contributed by atoms with Crippen molar-refractivity contribution in [3.63, 3.8) is 0 Å². The van der Waals surface area contributed by atoms with Crippen molar-refractivity contribution < 1.29 is 14.2 Å². The van der Waals surface area contributed by atoms with Crippen LogP contribution in [0.25, 0.3) is 22.0 Å². The van der Waals surface area contributed by atoms with Gasteiger partial charge < -0.3 is 14.2 Å². The van der Waals surface area contributed by atoms with Gasteiger partial charge in [-0.15, -0.1) is 0 Å². The van der Waals surface area contributed by atoms with Gasteiger partial charge in [0.2, 0.25) is 0 Å². The zero-order valence-corrected chi connectivity index (χ0v) is 21.2. The molecule has 1 aliphatic carbocycles. The summed E-state index contributed by atoms with van der Waals surface area (Å²) in [6.45, 7) is 9.84. The number of fused-ring (bicyclic) bond motifs is 2. The van der Waals surface area contributed by atoms with Gasteiger partial charge in [-0.2, -0.15) is 0 Å². The highest BCUT2D eigenvalue weighted by Gasteiger charge is 2.44. The Morgan fingerprint density at radius 3 is 2.23 bits per heavy atom. The average molecular weight is 468 g/mol. The maximum Gasteiger partial charge on any atom is 0.161 e. The average Bonchev–Trinajstić information content (AvgIpc) is 2.87. The summed E-state index contributed by atoms with van der Waals surface area (Å²) in [5, 5.41) is 2.27. The van der Waals surface area contributed by atoms with E-state index < -0.39 is 5.60 Å². The Balaban J connectivity index is 1.76. The first-order valence-electron chi connectivity index (χ1n) is 12.4. The molecule has 1 unspecified atom stereocenters. The third-order valence-electron chi connectivity index (χ3n) is 6.53. The van der Waals surface area contributed by atoms with Crippen LogP contribution in [0.1, 0.15) is 44.4 Å². The Hall–Kier alpha value is -3.37. The lowest BCUT2D eigenvalue weighted by atomic mass is 9.72. The number of rotatable bonds is 8. The molecule has 0 fully saturated rings. The van der Waals surface area contributed by atoms with E-state index in [0.717, 1.165) is 50.2 Å². The van der Waals surface area contributed by atoms with Crippen molar-refractivity contribution in [2.45, 2.75) is 33.3 Å². The van der Waals surface area contributed by atoms with Crippen LogP contribution >= 0.6 is 0 Å². The van der Waals surface area contributed by atoms with E-state index in [1.165, 1.54) is 0 Å². The van der Waals surface area contributed by atoms with Gasteiger partial charge in [-0.3, -0.25) is 4.98 Å². The topological polar surface area (TPSA) is 40.6 Å². The third-order valence-corrected chi connectivity index (χ3v) is 6.53. The van der Waals surface area contributed by atoms with Gasteiger partial charge in [-0.25, -0.2) is 0 Å². The van der Waals surface area contributed by atoms with Crippen LogP contribution in [0.2, 0.25) is 0 Å². The highest BCUT2D eigenvalue weighted by molar-refractivity contribution is 6.01. The molecular weight excluding hydrogens is 434 g/mol. The minimum Gasteiger partial charge on any atom is -0.489 e. The molecular formula is C31H33NO3. The van der Waals surface area contributed by atoms with Gasteiger partial charge in [0.15, 0.2) is 11.5 Å². The minimum absolute atomic E-state index is 0.398. The number of pyridine rings is 1. The zero-order chi connectivity index (χ0) is 24.6. The number of benzene rings is 3. The van der Waals surface area contributed by atoms with E-state index in [2.05, 4.69) is 88.4 Å². The number of nitrogens with zero attached hydrogens (tertiary/aromatic N) is 1. The molecule has 0 radical (unpaired) electrons. The van der Waals surface area contributed by atoms with Crippen molar-refractivity contribution in [1.29, 1.82) is 0 Å². The summed E-state index contributed by atoms with van der Waals surface area (Å²) in [7, 11) is 1.79. The number of hydrogen-bond donors (Lipinski definition) is 0. The molecule has 3 aromatic carbocycles. The van der Waals surface area contributed by atoms with Crippen LogP contribution in [0.5, 0.6) is 11.5 Å². The first-order valence-corrected chi connectivity index (χ1v) is 12.4. The molecule has 1 aliphatic rings. The van der Waals surface area contributed by atoms with E-state index in [9.17, 15) is 0 Å². The first-order chi connectivity index (χ1) is 17.0. The second kappa shape index (κ2) is 9.35. The summed E-state index contributed by atoms with van der Waals surface area (Å²) in [4.78, 5) is 4.79. The Labute approximate surface area is 207 Å². The van der Waals surface area contributed by atoms with Crippen molar-refractivity contribution in [2.75, 3.05) is 20.3 Å². The number of methoxy groups -OCH3 is 1. The molecule has 0 saturated heterocycles. The molecule has 35 heavy (non-hydrogen) atoms. The normalized spacial score (nSPS) is 16.5. The van der Waals surface area contributed by atoms with Crippen LogP contribution in [-0.4, -0.2) is 25.3 Å². The van der Waals surface area contributed by atoms with Gasteiger partial charge >= 0.3 is 0 Å².